The summed E-state index contributed by atoms with van der Waals surface area (Å²) in [7, 11) is 0. The van der Waals surface area contributed by atoms with Gasteiger partial charge >= 0.3 is 0 Å². The van der Waals surface area contributed by atoms with Crippen molar-refractivity contribution in [2.45, 2.75) is 70.9 Å². The third-order valence-corrected chi connectivity index (χ3v) is 7.53. The predicted octanol–water partition coefficient (Wildman–Crippen LogP) is 3.96. The predicted molar refractivity (Wildman–Crippen MR) is 117 cm³/mol. The molecule has 3 aliphatic rings. The maximum atomic E-state index is 13.7. The minimum absolute atomic E-state index is 0.0277. The van der Waals surface area contributed by atoms with Gasteiger partial charge in [0.1, 0.15) is 5.56 Å². The number of piperidine rings is 1. The van der Waals surface area contributed by atoms with E-state index in [4.69, 9.17) is 0 Å². The maximum absolute atomic E-state index is 13.7. The number of aromatic nitrogens is 2. The summed E-state index contributed by atoms with van der Waals surface area (Å²) in [6.45, 7) is 3.46. The first-order chi connectivity index (χ1) is 14.6. The number of rotatable bonds is 5. The van der Waals surface area contributed by atoms with Crippen LogP contribution in [0.1, 0.15) is 72.3 Å². The lowest BCUT2D eigenvalue weighted by Crippen LogP contribution is -2.41. The van der Waals surface area contributed by atoms with E-state index in [2.05, 4.69) is 15.6 Å². The summed E-state index contributed by atoms with van der Waals surface area (Å²) < 4.78 is 2.21. The summed E-state index contributed by atoms with van der Waals surface area (Å²) in [5, 5.41) is 0. The van der Waals surface area contributed by atoms with Crippen LogP contribution in [-0.4, -0.2) is 32.9 Å². The maximum Gasteiger partial charge on any atom is 0.259 e. The summed E-state index contributed by atoms with van der Waals surface area (Å²) in [5.74, 6) is 1.16. The van der Waals surface area contributed by atoms with Crippen molar-refractivity contribution in [2.24, 2.45) is 11.8 Å². The molecule has 3 fully saturated rings. The number of pyridine rings is 2. The SMILES string of the molecule is Cc1cc(=O)c(C(=O)N2CC3CCC2C3)c(CC2CCCC2)n1Cc1cccnc1. The lowest BCUT2D eigenvalue weighted by atomic mass is 9.96. The van der Waals surface area contributed by atoms with E-state index in [1.165, 1.54) is 32.1 Å². The molecule has 0 aromatic carbocycles. The van der Waals surface area contributed by atoms with Crippen LogP contribution in [0.15, 0.2) is 35.4 Å². The van der Waals surface area contributed by atoms with E-state index < -0.39 is 0 Å². The van der Waals surface area contributed by atoms with Gasteiger partial charge in [0.25, 0.3) is 5.91 Å². The first kappa shape index (κ1) is 19.5. The van der Waals surface area contributed by atoms with E-state index >= 15 is 0 Å². The lowest BCUT2D eigenvalue weighted by molar-refractivity contribution is 0.0699. The zero-order valence-corrected chi connectivity index (χ0v) is 17.8. The number of amides is 1. The van der Waals surface area contributed by atoms with Crippen LogP contribution in [0.2, 0.25) is 0 Å². The molecule has 2 unspecified atom stereocenters. The molecule has 5 rings (SSSR count). The van der Waals surface area contributed by atoms with E-state index in [-0.39, 0.29) is 11.3 Å². The second-order valence-electron chi connectivity index (χ2n) is 9.56. The van der Waals surface area contributed by atoms with Crippen LogP contribution in [-0.2, 0) is 13.0 Å². The van der Waals surface area contributed by atoms with Gasteiger partial charge in [-0.2, -0.15) is 0 Å². The van der Waals surface area contributed by atoms with Crippen molar-refractivity contribution in [1.29, 1.82) is 0 Å². The molecule has 2 aliphatic carbocycles. The highest BCUT2D eigenvalue weighted by molar-refractivity contribution is 5.95. The number of carbonyl (C=O) groups is 1. The van der Waals surface area contributed by atoms with Gasteiger partial charge in [0.2, 0.25) is 0 Å². The molecule has 2 aromatic heterocycles. The standard InChI is InChI=1S/C25H31N3O2/c1-17-11-23(29)24(25(30)28-15-19-8-9-21(28)12-19)22(13-18-5-2-3-6-18)27(17)16-20-7-4-10-26-14-20/h4,7,10-11,14,18-19,21H,2-3,5-6,8-9,12-13,15-16H2,1H3. The van der Waals surface area contributed by atoms with Crippen LogP contribution in [0.5, 0.6) is 0 Å². The third-order valence-electron chi connectivity index (χ3n) is 7.53. The average molecular weight is 406 g/mol. The van der Waals surface area contributed by atoms with Crippen molar-refractivity contribution in [2.75, 3.05) is 6.54 Å². The van der Waals surface area contributed by atoms with E-state index in [0.29, 0.717) is 30.0 Å². The minimum Gasteiger partial charge on any atom is -0.343 e. The number of carbonyl (C=O) groups excluding carboxylic acids is 1. The normalized spacial score (nSPS) is 23.4. The van der Waals surface area contributed by atoms with Gasteiger partial charge < -0.3 is 9.47 Å². The number of aryl methyl sites for hydroxylation is 1. The molecule has 3 heterocycles. The number of hydrogen-bond acceptors (Lipinski definition) is 3. The smallest absolute Gasteiger partial charge is 0.259 e. The molecular weight excluding hydrogens is 374 g/mol. The Morgan fingerprint density at radius 1 is 1.20 bits per heavy atom. The van der Waals surface area contributed by atoms with E-state index in [9.17, 15) is 9.59 Å². The van der Waals surface area contributed by atoms with Gasteiger partial charge in [-0.15, -0.1) is 0 Å². The van der Waals surface area contributed by atoms with E-state index in [1.54, 1.807) is 12.3 Å². The molecular formula is C25H31N3O2. The molecule has 158 valence electrons. The van der Waals surface area contributed by atoms with Crippen molar-refractivity contribution in [3.05, 3.63) is 63.3 Å². The summed E-state index contributed by atoms with van der Waals surface area (Å²) in [4.78, 5) is 33.1. The quantitative estimate of drug-likeness (QED) is 0.757. The Balaban J connectivity index is 1.58. The Kier molecular flexibility index (Phi) is 5.21. The van der Waals surface area contributed by atoms with Gasteiger partial charge in [0, 0.05) is 49.0 Å². The summed E-state index contributed by atoms with van der Waals surface area (Å²) in [6.07, 6.45) is 12.8. The minimum atomic E-state index is -0.101. The monoisotopic (exact) mass is 405 g/mol. The van der Waals surface area contributed by atoms with Crippen molar-refractivity contribution in [1.82, 2.24) is 14.5 Å². The highest BCUT2D eigenvalue weighted by Gasteiger charge is 2.41. The Morgan fingerprint density at radius 3 is 2.70 bits per heavy atom. The van der Waals surface area contributed by atoms with Crippen molar-refractivity contribution in [3.8, 4) is 0 Å². The molecule has 0 N–H and O–H groups in total. The van der Waals surface area contributed by atoms with Crippen LogP contribution in [0.3, 0.4) is 0 Å². The van der Waals surface area contributed by atoms with Crippen molar-refractivity contribution >= 4 is 5.91 Å². The Morgan fingerprint density at radius 2 is 2.03 bits per heavy atom. The Hall–Kier alpha value is -2.43. The first-order valence-corrected chi connectivity index (χ1v) is 11.5. The van der Waals surface area contributed by atoms with E-state index in [0.717, 1.165) is 42.8 Å². The highest BCUT2D eigenvalue weighted by Crippen LogP contribution is 2.38. The number of fused-ring (bicyclic) bond motifs is 2. The molecule has 5 heteroatoms. The van der Waals surface area contributed by atoms with Gasteiger partial charge in [-0.3, -0.25) is 14.6 Å². The molecule has 2 aromatic rings. The van der Waals surface area contributed by atoms with Gasteiger partial charge in [0.05, 0.1) is 0 Å². The van der Waals surface area contributed by atoms with Gasteiger partial charge in [0.15, 0.2) is 5.43 Å². The summed E-state index contributed by atoms with van der Waals surface area (Å²) >= 11 is 0. The lowest BCUT2D eigenvalue weighted by Gasteiger charge is -2.29. The van der Waals surface area contributed by atoms with Crippen LogP contribution >= 0.6 is 0 Å². The molecule has 2 saturated carbocycles. The topological polar surface area (TPSA) is 55.2 Å². The highest BCUT2D eigenvalue weighted by atomic mass is 16.2. The Labute approximate surface area is 178 Å². The van der Waals surface area contributed by atoms with Crippen LogP contribution < -0.4 is 5.43 Å². The fourth-order valence-corrected chi connectivity index (χ4v) is 5.97. The van der Waals surface area contributed by atoms with Crippen molar-refractivity contribution in [3.63, 3.8) is 0 Å². The molecule has 0 spiro atoms. The van der Waals surface area contributed by atoms with Crippen LogP contribution in [0.4, 0.5) is 0 Å². The summed E-state index contributed by atoms with van der Waals surface area (Å²) in [6, 6.07) is 5.99. The van der Waals surface area contributed by atoms with Gasteiger partial charge in [-0.05, 0) is 56.1 Å². The summed E-state index contributed by atoms with van der Waals surface area (Å²) in [5.41, 5.74) is 3.30. The van der Waals surface area contributed by atoms with Gasteiger partial charge in [-0.25, -0.2) is 0 Å². The number of hydrogen-bond donors (Lipinski definition) is 0. The molecule has 1 amide bonds. The molecule has 30 heavy (non-hydrogen) atoms. The van der Waals surface area contributed by atoms with E-state index in [1.807, 2.05) is 24.1 Å². The zero-order chi connectivity index (χ0) is 20.7. The fraction of sp³-hybridized carbons (Fsp3) is 0.560. The molecule has 1 saturated heterocycles. The fourth-order valence-electron chi connectivity index (χ4n) is 5.97. The van der Waals surface area contributed by atoms with Crippen LogP contribution in [0, 0.1) is 18.8 Å². The number of likely N-dealkylation sites (tertiary alicyclic amines) is 1. The van der Waals surface area contributed by atoms with Crippen molar-refractivity contribution < 1.29 is 4.79 Å². The number of nitrogens with zero attached hydrogens (tertiary/aromatic N) is 3. The third kappa shape index (κ3) is 3.59. The molecule has 5 nitrogen and oxygen atoms in total. The molecule has 2 atom stereocenters. The zero-order valence-electron chi connectivity index (χ0n) is 17.8. The molecule has 2 bridgehead atoms. The molecule has 1 aliphatic heterocycles. The first-order valence-electron chi connectivity index (χ1n) is 11.5. The second-order valence-corrected chi connectivity index (χ2v) is 9.56. The average Bonchev–Trinajstić information content (AvgIpc) is 3.50. The molecule has 0 radical (unpaired) electrons. The largest absolute Gasteiger partial charge is 0.343 e. The van der Waals surface area contributed by atoms with Crippen LogP contribution in [0.25, 0.3) is 0 Å². The Bertz CT molecular complexity index is 991. The van der Waals surface area contributed by atoms with Gasteiger partial charge in [-0.1, -0.05) is 31.7 Å². The second kappa shape index (κ2) is 8.01.